The fraction of sp³-hybridized carbons (Fsp3) is 0.364. The van der Waals surface area contributed by atoms with Gasteiger partial charge >= 0.3 is 0 Å². The number of aromatic amines is 1. The molecule has 0 aliphatic heterocycles. The summed E-state index contributed by atoms with van der Waals surface area (Å²) >= 11 is 10.2. The van der Waals surface area contributed by atoms with E-state index in [0.717, 1.165) is 17.6 Å². The minimum Gasteiger partial charge on any atom is -0.330 e. The van der Waals surface area contributed by atoms with Gasteiger partial charge in [0.1, 0.15) is 5.82 Å². The Morgan fingerprint density at radius 1 is 1.59 bits per heavy atom. The van der Waals surface area contributed by atoms with Gasteiger partial charge in [-0.15, -0.1) is 0 Å². The third kappa shape index (κ3) is 2.58. The maximum absolute atomic E-state index is 13.4. The lowest BCUT2D eigenvalue weighted by Crippen LogP contribution is -2.08. The van der Waals surface area contributed by atoms with Crippen molar-refractivity contribution in [2.75, 3.05) is 6.26 Å². The average Bonchev–Trinajstić information content (AvgIpc) is 2.56. The lowest BCUT2D eigenvalue weighted by atomic mass is 10.3. The quantitative estimate of drug-likeness (QED) is 0.842. The molecule has 0 spiro atoms. The lowest BCUT2D eigenvalue weighted by Gasteiger charge is -2.10. The van der Waals surface area contributed by atoms with E-state index in [1.165, 1.54) is 6.07 Å². The molecule has 1 atom stereocenters. The van der Waals surface area contributed by atoms with Gasteiger partial charge in [0.25, 0.3) is 0 Å². The van der Waals surface area contributed by atoms with E-state index in [1.807, 2.05) is 4.57 Å². The van der Waals surface area contributed by atoms with Crippen LogP contribution in [0.25, 0.3) is 11.0 Å². The van der Waals surface area contributed by atoms with Crippen LogP contribution in [0.2, 0.25) is 0 Å². The highest BCUT2D eigenvalue weighted by Gasteiger charge is 2.10. The molecule has 1 aromatic heterocycles. The summed E-state index contributed by atoms with van der Waals surface area (Å²) in [6, 6.07) is 3.24. The van der Waals surface area contributed by atoms with Crippen molar-refractivity contribution in [1.29, 1.82) is 0 Å². The van der Waals surface area contributed by atoms with Crippen molar-refractivity contribution >= 4 is 50.9 Å². The molecule has 0 aliphatic carbocycles. The number of thioether (sulfide) groups is 1. The average molecular weight is 335 g/mol. The van der Waals surface area contributed by atoms with Crippen LogP contribution in [0.4, 0.5) is 4.39 Å². The number of fused-ring (bicyclic) bond motifs is 1. The Hall–Kier alpha value is -0.330. The molecule has 6 heteroatoms. The van der Waals surface area contributed by atoms with Gasteiger partial charge in [-0.3, -0.25) is 0 Å². The molecule has 0 amide bonds. The van der Waals surface area contributed by atoms with Gasteiger partial charge in [0.2, 0.25) is 0 Å². The van der Waals surface area contributed by atoms with Crippen molar-refractivity contribution in [3.05, 3.63) is 27.2 Å². The maximum Gasteiger partial charge on any atom is 0.178 e. The van der Waals surface area contributed by atoms with Gasteiger partial charge in [0.15, 0.2) is 4.77 Å². The predicted molar refractivity (Wildman–Crippen MR) is 77.8 cm³/mol. The van der Waals surface area contributed by atoms with E-state index in [1.54, 1.807) is 17.8 Å². The number of rotatable bonds is 3. The zero-order valence-corrected chi connectivity index (χ0v) is 12.7. The summed E-state index contributed by atoms with van der Waals surface area (Å²) in [5.41, 5.74) is 1.67. The second kappa shape index (κ2) is 5.12. The van der Waals surface area contributed by atoms with Crippen LogP contribution in [-0.4, -0.2) is 21.1 Å². The highest BCUT2D eigenvalue weighted by atomic mass is 79.9. The van der Waals surface area contributed by atoms with E-state index >= 15 is 0 Å². The summed E-state index contributed by atoms with van der Waals surface area (Å²) in [5.74, 6) is -0.279. The van der Waals surface area contributed by atoms with Crippen LogP contribution >= 0.6 is 39.9 Å². The Labute approximate surface area is 117 Å². The number of hydrogen-bond donors (Lipinski definition) is 1. The molecule has 92 valence electrons. The Morgan fingerprint density at radius 3 is 2.94 bits per heavy atom. The van der Waals surface area contributed by atoms with Crippen molar-refractivity contribution in [3.63, 3.8) is 0 Å². The number of hydrogen-bond acceptors (Lipinski definition) is 2. The van der Waals surface area contributed by atoms with E-state index < -0.39 is 0 Å². The number of nitrogens with one attached hydrogen (secondary N) is 1. The molecule has 0 saturated carbocycles. The lowest BCUT2D eigenvalue weighted by molar-refractivity contribution is 0.622. The second-order valence-corrected chi connectivity index (χ2v) is 6.39. The standard InChI is InChI=1S/C11H12BrFN2S2/c1-6(17-2)5-15-10-3-7(12)8(13)4-9(10)14-11(15)16/h3-4,6H,5H2,1-2H3,(H,14,16). The first-order chi connectivity index (χ1) is 8.02. The molecule has 0 saturated heterocycles. The molecule has 2 aromatic rings. The first-order valence-corrected chi connectivity index (χ1v) is 7.62. The van der Waals surface area contributed by atoms with Gasteiger partial charge in [-0.2, -0.15) is 11.8 Å². The third-order valence-electron chi connectivity index (χ3n) is 2.66. The monoisotopic (exact) mass is 334 g/mol. The molecule has 1 heterocycles. The molecule has 1 aromatic carbocycles. The molecular weight excluding hydrogens is 323 g/mol. The fourth-order valence-electron chi connectivity index (χ4n) is 1.66. The highest BCUT2D eigenvalue weighted by Crippen LogP contribution is 2.24. The summed E-state index contributed by atoms with van der Waals surface area (Å²) in [6.45, 7) is 2.96. The van der Waals surface area contributed by atoms with Gasteiger partial charge in [0, 0.05) is 17.9 Å². The summed E-state index contributed by atoms with van der Waals surface area (Å²) in [4.78, 5) is 3.03. The minimum absolute atomic E-state index is 0.279. The Kier molecular flexibility index (Phi) is 3.95. The number of benzene rings is 1. The van der Waals surface area contributed by atoms with Crippen LogP contribution in [0.15, 0.2) is 16.6 Å². The van der Waals surface area contributed by atoms with Crippen LogP contribution in [0, 0.1) is 10.6 Å². The molecular formula is C11H12BrFN2S2. The molecule has 0 aliphatic rings. The Balaban J connectivity index is 2.58. The molecule has 1 N–H and O–H groups in total. The minimum atomic E-state index is -0.279. The molecule has 2 nitrogen and oxygen atoms in total. The van der Waals surface area contributed by atoms with Crippen molar-refractivity contribution < 1.29 is 4.39 Å². The second-order valence-electron chi connectivity index (χ2n) is 3.87. The zero-order chi connectivity index (χ0) is 12.6. The van der Waals surface area contributed by atoms with Gasteiger partial charge in [-0.25, -0.2) is 4.39 Å². The highest BCUT2D eigenvalue weighted by molar-refractivity contribution is 9.10. The molecule has 1 unspecified atom stereocenters. The first-order valence-electron chi connectivity index (χ1n) is 5.13. The Morgan fingerprint density at radius 2 is 2.29 bits per heavy atom. The van der Waals surface area contributed by atoms with Crippen LogP contribution in [-0.2, 0) is 6.54 Å². The van der Waals surface area contributed by atoms with Gasteiger partial charge in [-0.1, -0.05) is 6.92 Å². The van der Waals surface area contributed by atoms with E-state index in [4.69, 9.17) is 12.2 Å². The van der Waals surface area contributed by atoms with E-state index in [9.17, 15) is 4.39 Å². The smallest absolute Gasteiger partial charge is 0.178 e. The summed E-state index contributed by atoms with van der Waals surface area (Å²) in [5, 5.41) is 0.463. The predicted octanol–water partition coefficient (Wildman–Crippen LogP) is 4.35. The third-order valence-corrected chi connectivity index (χ3v) is 4.54. The summed E-state index contributed by atoms with van der Waals surface area (Å²) in [6.07, 6.45) is 2.07. The van der Waals surface area contributed by atoms with Crippen LogP contribution in [0.5, 0.6) is 0 Å². The van der Waals surface area contributed by atoms with Gasteiger partial charge < -0.3 is 9.55 Å². The number of H-pyrrole nitrogens is 1. The fourth-order valence-corrected chi connectivity index (χ4v) is 2.58. The molecule has 17 heavy (non-hydrogen) atoms. The van der Waals surface area contributed by atoms with E-state index in [2.05, 4.69) is 34.1 Å². The van der Waals surface area contributed by atoms with Crippen molar-refractivity contribution in [1.82, 2.24) is 9.55 Å². The number of halogens is 2. The van der Waals surface area contributed by atoms with Gasteiger partial charge in [0.05, 0.1) is 15.5 Å². The summed E-state index contributed by atoms with van der Waals surface area (Å²) < 4.78 is 16.5. The molecule has 0 fully saturated rings. The first kappa shape index (κ1) is 13.1. The summed E-state index contributed by atoms with van der Waals surface area (Å²) in [7, 11) is 0. The molecule has 2 rings (SSSR count). The SMILES string of the molecule is CSC(C)Cn1c(=S)[nH]c2cc(F)c(Br)cc21. The van der Waals surface area contributed by atoms with Crippen LogP contribution < -0.4 is 0 Å². The van der Waals surface area contributed by atoms with Crippen molar-refractivity contribution in [3.8, 4) is 0 Å². The number of nitrogens with zero attached hydrogens (tertiary/aromatic N) is 1. The molecule has 0 bridgehead atoms. The largest absolute Gasteiger partial charge is 0.330 e. The van der Waals surface area contributed by atoms with Crippen molar-refractivity contribution in [2.45, 2.75) is 18.7 Å². The zero-order valence-electron chi connectivity index (χ0n) is 9.46. The number of aromatic nitrogens is 2. The van der Waals surface area contributed by atoms with E-state index in [-0.39, 0.29) is 5.82 Å². The number of imidazole rings is 1. The van der Waals surface area contributed by atoms with E-state index in [0.29, 0.717) is 14.5 Å². The molecule has 0 radical (unpaired) electrons. The van der Waals surface area contributed by atoms with Gasteiger partial charge in [-0.05, 0) is 40.5 Å². The van der Waals surface area contributed by atoms with Crippen molar-refractivity contribution in [2.24, 2.45) is 0 Å². The van der Waals surface area contributed by atoms with Crippen LogP contribution in [0.1, 0.15) is 6.92 Å². The normalized spacial score (nSPS) is 13.2. The topological polar surface area (TPSA) is 20.7 Å². The maximum atomic E-state index is 13.4. The van der Waals surface area contributed by atoms with Crippen LogP contribution in [0.3, 0.4) is 0 Å². The Bertz CT molecular complexity index is 605.